The molecule has 1 N–H and O–H groups in total. The second kappa shape index (κ2) is 10.0. The Labute approximate surface area is 200 Å². The molecule has 0 aliphatic carbocycles. The largest absolute Gasteiger partial charge is 0.480 e. The molecule has 0 aliphatic heterocycles. The van der Waals surface area contributed by atoms with E-state index in [2.05, 4.69) is 15.5 Å². The van der Waals surface area contributed by atoms with Gasteiger partial charge in [0.2, 0.25) is 5.91 Å². The molecule has 2 aromatic carbocycles. The highest BCUT2D eigenvalue weighted by molar-refractivity contribution is 6.30. The van der Waals surface area contributed by atoms with Crippen molar-refractivity contribution in [3.63, 3.8) is 0 Å². The number of ether oxygens (including phenoxy) is 1. The predicted octanol–water partition coefficient (Wildman–Crippen LogP) is 5.53. The van der Waals surface area contributed by atoms with E-state index in [0.29, 0.717) is 22.2 Å². The van der Waals surface area contributed by atoms with Gasteiger partial charge in [-0.05, 0) is 38.1 Å². The first-order valence-electron chi connectivity index (χ1n) is 9.68. The summed E-state index contributed by atoms with van der Waals surface area (Å²) in [6.07, 6.45) is -4.53. The molecule has 0 fully saturated rings. The van der Waals surface area contributed by atoms with E-state index in [1.807, 2.05) is 0 Å². The van der Waals surface area contributed by atoms with E-state index in [-0.39, 0.29) is 36.2 Å². The number of carbonyl (C=O) groups excluding carboxylic acids is 1. The molecule has 3 aromatic rings. The third-order valence-electron chi connectivity index (χ3n) is 4.80. The van der Waals surface area contributed by atoms with Gasteiger partial charge in [-0.25, -0.2) is 0 Å². The minimum absolute atomic E-state index is 0. The van der Waals surface area contributed by atoms with Crippen LogP contribution in [0.4, 0.5) is 13.2 Å². The Hall–Kier alpha value is -2.78. The summed E-state index contributed by atoms with van der Waals surface area (Å²) in [6.45, 7) is 5.06. The van der Waals surface area contributed by atoms with Crippen molar-refractivity contribution in [2.45, 2.75) is 39.1 Å². The fourth-order valence-electron chi connectivity index (χ4n) is 3.34. The van der Waals surface area contributed by atoms with Crippen LogP contribution >= 0.6 is 24.0 Å². The van der Waals surface area contributed by atoms with Crippen LogP contribution in [-0.4, -0.2) is 20.7 Å². The lowest BCUT2D eigenvalue weighted by atomic mass is 10.1. The molecule has 178 valence electrons. The maximum atomic E-state index is 13.5. The van der Waals surface area contributed by atoms with Crippen LogP contribution in [0.25, 0.3) is 11.4 Å². The molecule has 0 aliphatic rings. The lowest BCUT2D eigenvalue weighted by Crippen LogP contribution is -2.30. The summed E-state index contributed by atoms with van der Waals surface area (Å²) in [6, 6.07) is 10.2. The Morgan fingerprint density at radius 3 is 2.45 bits per heavy atom. The standard InChI is InChI=1S/C22H22ClF3N4O2.ClH/c1-13(31)27-12-14-11-15(23)9-10-18(14)32-21(2,3)20-29-28-19(30(20)4)16-7-5-6-8-17(16)22(24,25)26;/h5-11H,12H2,1-4H3,(H,27,31);1H. The molecule has 6 nitrogen and oxygen atoms in total. The van der Waals surface area contributed by atoms with Crippen LogP contribution in [0.1, 0.15) is 37.7 Å². The van der Waals surface area contributed by atoms with Crippen molar-refractivity contribution < 1.29 is 22.7 Å². The number of aromatic nitrogens is 3. The third-order valence-corrected chi connectivity index (χ3v) is 5.04. The molecule has 0 unspecified atom stereocenters. The molecule has 1 aromatic heterocycles. The summed E-state index contributed by atoms with van der Waals surface area (Å²) in [5.74, 6) is 0.633. The zero-order chi connectivity index (χ0) is 23.7. The molecule has 3 rings (SSSR count). The minimum atomic E-state index is -4.53. The molecule has 0 spiro atoms. The lowest BCUT2D eigenvalue weighted by Gasteiger charge is -2.27. The van der Waals surface area contributed by atoms with Crippen LogP contribution in [0.5, 0.6) is 5.75 Å². The fourth-order valence-corrected chi connectivity index (χ4v) is 3.53. The van der Waals surface area contributed by atoms with Gasteiger partial charge in [0.25, 0.3) is 0 Å². The number of hydrogen-bond acceptors (Lipinski definition) is 4. The molecule has 0 radical (unpaired) electrons. The highest BCUT2D eigenvalue weighted by Crippen LogP contribution is 2.37. The average Bonchev–Trinajstić information content (AvgIpc) is 3.09. The summed E-state index contributed by atoms with van der Waals surface area (Å²) in [5, 5.41) is 11.3. The first kappa shape index (κ1) is 26.5. The van der Waals surface area contributed by atoms with Crippen LogP contribution in [-0.2, 0) is 30.2 Å². The first-order valence-corrected chi connectivity index (χ1v) is 10.1. The van der Waals surface area contributed by atoms with Crippen LogP contribution in [0, 0.1) is 0 Å². The quantitative estimate of drug-likeness (QED) is 0.481. The average molecular weight is 503 g/mol. The van der Waals surface area contributed by atoms with Gasteiger partial charge in [0, 0.05) is 36.7 Å². The topological polar surface area (TPSA) is 69.0 Å². The van der Waals surface area contributed by atoms with Crippen molar-refractivity contribution in [3.8, 4) is 17.1 Å². The predicted molar refractivity (Wildman–Crippen MR) is 121 cm³/mol. The normalized spacial score (nSPS) is 11.6. The molecule has 1 amide bonds. The van der Waals surface area contributed by atoms with Gasteiger partial charge in [0.05, 0.1) is 5.56 Å². The zero-order valence-electron chi connectivity index (χ0n) is 18.3. The number of alkyl halides is 3. The van der Waals surface area contributed by atoms with Gasteiger partial charge in [-0.15, -0.1) is 22.6 Å². The molecular formula is C22H23Cl2F3N4O2. The summed E-state index contributed by atoms with van der Waals surface area (Å²) in [5.41, 5.74) is -1.29. The van der Waals surface area contributed by atoms with Crippen molar-refractivity contribution in [1.82, 2.24) is 20.1 Å². The zero-order valence-corrected chi connectivity index (χ0v) is 19.9. The number of halogens is 5. The van der Waals surface area contributed by atoms with Crippen molar-refractivity contribution in [2.75, 3.05) is 0 Å². The fraction of sp³-hybridized carbons (Fsp3) is 0.318. The molecule has 33 heavy (non-hydrogen) atoms. The van der Waals surface area contributed by atoms with Crippen molar-refractivity contribution in [3.05, 3.63) is 64.4 Å². The second-order valence-electron chi connectivity index (χ2n) is 7.72. The second-order valence-corrected chi connectivity index (χ2v) is 8.16. The van der Waals surface area contributed by atoms with Crippen LogP contribution in [0.15, 0.2) is 42.5 Å². The van der Waals surface area contributed by atoms with Crippen LogP contribution < -0.4 is 10.1 Å². The van der Waals surface area contributed by atoms with Gasteiger partial charge in [0.15, 0.2) is 17.2 Å². The van der Waals surface area contributed by atoms with E-state index in [1.165, 1.54) is 29.7 Å². The highest BCUT2D eigenvalue weighted by Gasteiger charge is 2.36. The molecule has 0 bridgehead atoms. The van der Waals surface area contributed by atoms with E-state index in [1.54, 1.807) is 39.1 Å². The Bertz CT molecular complexity index is 1150. The molecule has 0 saturated carbocycles. The van der Waals surface area contributed by atoms with Crippen molar-refractivity contribution in [1.29, 1.82) is 0 Å². The van der Waals surface area contributed by atoms with Crippen molar-refractivity contribution in [2.24, 2.45) is 7.05 Å². The minimum Gasteiger partial charge on any atom is -0.480 e. The Morgan fingerprint density at radius 1 is 1.15 bits per heavy atom. The SMILES string of the molecule is CC(=O)NCc1cc(Cl)ccc1OC(C)(C)c1nnc(-c2ccccc2C(F)(F)F)n1C.Cl. The molecule has 11 heteroatoms. The lowest BCUT2D eigenvalue weighted by molar-refractivity contribution is -0.137. The Balaban J connectivity index is 0.00000385. The van der Waals surface area contributed by atoms with Gasteiger partial charge in [-0.3, -0.25) is 4.79 Å². The van der Waals surface area contributed by atoms with Gasteiger partial charge >= 0.3 is 6.18 Å². The molecule has 0 atom stereocenters. The van der Waals surface area contributed by atoms with E-state index in [4.69, 9.17) is 16.3 Å². The van der Waals surface area contributed by atoms with E-state index in [0.717, 1.165) is 6.07 Å². The van der Waals surface area contributed by atoms with E-state index in [9.17, 15) is 18.0 Å². The summed E-state index contributed by atoms with van der Waals surface area (Å²) >= 11 is 6.08. The first-order chi connectivity index (χ1) is 14.9. The van der Waals surface area contributed by atoms with Gasteiger partial charge in [-0.1, -0.05) is 29.8 Å². The van der Waals surface area contributed by atoms with E-state index < -0.39 is 17.3 Å². The van der Waals surface area contributed by atoms with Gasteiger partial charge in [-0.2, -0.15) is 13.2 Å². The van der Waals surface area contributed by atoms with Crippen molar-refractivity contribution >= 4 is 29.9 Å². The summed E-state index contributed by atoms with van der Waals surface area (Å²) in [4.78, 5) is 11.3. The molecular weight excluding hydrogens is 480 g/mol. The maximum Gasteiger partial charge on any atom is 0.417 e. The van der Waals surface area contributed by atoms with Crippen LogP contribution in [0.3, 0.4) is 0 Å². The monoisotopic (exact) mass is 502 g/mol. The molecule has 0 saturated heterocycles. The van der Waals surface area contributed by atoms with Gasteiger partial charge < -0.3 is 14.6 Å². The summed E-state index contributed by atoms with van der Waals surface area (Å²) < 4.78 is 48.1. The van der Waals surface area contributed by atoms with Gasteiger partial charge in [0.1, 0.15) is 5.75 Å². The number of nitrogens with one attached hydrogen (secondary N) is 1. The number of carbonyl (C=O) groups is 1. The highest BCUT2D eigenvalue weighted by atomic mass is 35.5. The number of benzene rings is 2. The summed E-state index contributed by atoms with van der Waals surface area (Å²) in [7, 11) is 1.59. The number of amides is 1. The van der Waals surface area contributed by atoms with E-state index >= 15 is 0 Å². The Kier molecular flexibility index (Phi) is 8.03. The smallest absolute Gasteiger partial charge is 0.417 e. The molecule has 1 heterocycles. The number of nitrogens with zero attached hydrogens (tertiary/aromatic N) is 3. The third kappa shape index (κ3) is 5.97. The van der Waals surface area contributed by atoms with Crippen LogP contribution in [0.2, 0.25) is 5.02 Å². The Morgan fingerprint density at radius 2 is 1.82 bits per heavy atom. The number of hydrogen-bond donors (Lipinski definition) is 1. The maximum absolute atomic E-state index is 13.5. The number of rotatable bonds is 6.